The molecule has 27 heavy (non-hydrogen) atoms. The summed E-state index contributed by atoms with van der Waals surface area (Å²) in [6.45, 7) is 10.6. The summed E-state index contributed by atoms with van der Waals surface area (Å²) in [5.41, 5.74) is 3.34. The zero-order valence-corrected chi connectivity index (χ0v) is 16.4. The maximum atomic E-state index is 5.71. The first-order valence-corrected chi connectivity index (χ1v) is 10.3. The number of hydrogen-bond acceptors (Lipinski definition) is 5. The number of nitrogens with zero attached hydrogens (tertiary/aromatic N) is 3. The average Bonchev–Trinajstić information content (AvgIpc) is 3.17. The van der Waals surface area contributed by atoms with Crippen molar-refractivity contribution >= 4 is 0 Å². The molecule has 2 saturated heterocycles. The van der Waals surface area contributed by atoms with Crippen LogP contribution in [0.5, 0.6) is 0 Å². The molecular formula is C22H31N3O2. The van der Waals surface area contributed by atoms with Crippen LogP contribution >= 0.6 is 0 Å². The fourth-order valence-electron chi connectivity index (χ4n) is 4.06. The minimum Gasteiger partial charge on any atom is -0.444 e. The molecule has 1 aromatic heterocycles. The third-order valence-electron chi connectivity index (χ3n) is 5.90. The van der Waals surface area contributed by atoms with E-state index in [4.69, 9.17) is 14.1 Å². The van der Waals surface area contributed by atoms with Crippen molar-refractivity contribution in [3.05, 3.63) is 41.8 Å². The maximum Gasteiger partial charge on any atom is 0.226 e. The van der Waals surface area contributed by atoms with Crippen LogP contribution in [-0.4, -0.2) is 60.7 Å². The van der Waals surface area contributed by atoms with E-state index in [-0.39, 0.29) is 0 Å². The number of morpholine rings is 1. The third kappa shape index (κ3) is 5.18. The van der Waals surface area contributed by atoms with Crippen LogP contribution in [-0.2, 0) is 11.3 Å². The highest BCUT2D eigenvalue weighted by molar-refractivity contribution is 5.53. The molecule has 0 atom stereocenters. The Balaban J connectivity index is 1.22. The van der Waals surface area contributed by atoms with Crippen molar-refractivity contribution in [1.82, 2.24) is 14.8 Å². The first-order chi connectivity index (χ1) is 13.3. The third-order valence-corrected chi connectivity index (χ3v) is 5.90. The van der Waals surface area contributed by atoms with Gasteiger partial charge >= 0.3 is 0 Å². The molecule has 0 N–H and O–H groups in total. The molecular weight excluding hydrogens is 338 g/mol. The van der Waals surface area contributed by atoms with Gasteiger partial charge < -0.3 is 9.15 Å². The van der Waals surface area contributed by atoms with Gasteiger partial charge in [0, 0.05) is 25.2 Å². The zero-order valence-electron chi connectivity index (χ0n) is 16.4. The van der Waals surface area contributed by atoms with E-state index < -0.39 is 0 Å². The summed E-state index contributed by atoms with van der Waals surface area (Å²) in [5, 5.41) is 0. The lowest BCUT2D eigenvalue weighted by Gasteiger charge is -2.33. The molecule has 5 heteroatoms. The summed E-state index contributed by atoms with van der Waals surface area (Å²) in [5.74, 6) is 1.59. The molecule has 5 nitrogen and oxygen atoms in total. The number of benzene rings is 1. The van der Waals surface area contributed by atoms with Crippen molar-refractivity contribution in [2.75, 3.05) is 45.9 Å². The summed E-state index contributed by atoms with van der Waals surface area (Å²) in [6, 6.07) is 8.34. The standard InChI is InChI=1S/C22H31N3O2/c1-18-2-4-20(5-3-18)22-23-21(17-27-22)16-25-10-7-19(8-11-25)6-9-24-12-14-26-15-13-24/h2-5,17,19H,6-16H2,1H3. The van der Waals surface area contributed by atoms with Gasteiger partial charge in [0.15, 0.2) is 0 Å². The van der Waals surface area contributed by atoms with Crippen LogP contribution in [0.4, 0.5) is 0 Å². The van der Waals surface area contributed by atoms with Gasteiger partial charge in [0.05, 0.1) is 18.9 Å². The van der Waals surface area contributed by atoms with E-state index >= 15 is 0 Å². The number of aryl methyl sites for hydroxylation is 1. The molecule has 2 aliphatic heterocycles. The number of piperidine rings is 1. The summed E-state index contributed by atoms with van der Waals surface area (Å²) in [4.78, 5) is 9.76. The molecule has 0 aliphatic carbocycles. The molecule has 0 bridgehead atoms. The van der Waals surface area contributed by atoms with Gasteiger partial charge in [-0.1, -0.05) is 17.7 Å². The topological polar surface area (TPSA) is 41.7 Å². The van der Waals surface area contributed by atoms with Gasteiger partial charge in [-0.05, 0) is 63.9 Å². The number of hydrogen-bond donors (Lipinski definition) is 0. The minimum absolute atomic E-state index is 0.727. The van der Waals surface area contributed by atoms with Gasteiger partial charge in [-0.25, -0.2) is 4.98 Å². The summed E-state index contributed by atoms with van der Waals surface area (Å²) < 4.78 is 11.1. The molecule has 0 amide bonds. The molecule has 2 fully saturated rings. The molecule has 2 aromatic rings. The Labute approximate surface area is 162 Å². The number of rotatable bonds is 6. The van der Waals surface area contributed by atoms with Gasteiger partial charge in [0.25, 0.3) is 0 Å². The van der Waals surface area contributed by atoms with Gasteiger partial charge in [0.1, 0.15) is 6.26 Å². The summed E-state index contributed by atoms with van der Waals surface area (Å²) >= 11 is 0. The average molecular weight is 370 g/mol. The van der Waals surface area contributed by atoms with Crippen molar-refractivity contribution < 1.29 is 9.15 Å². The van der Waals surface area contributed by atoms with E-state index in [1.54, 1.807) is 0 Å². The van der Waals surface area contributed by atoms with Crippen LogP contribution in [0.3, 0.4) is 0 Å². The van der Waals surface area contributed by atoms with Gasteiger partial charge in [-0.15, -0.1) is 0 Å². The van der Waals surface area contributed by atoms with Gasteiger partial charge in [-0.3, -0.25) is 9.80 Å². The zero-order chi connectivity index (χ0) is 18.5. The number of likely N-dealkylation sites (tertiary alicyclic amines) is 1. The lowest BCUT2D eigenvalue weighted by Crippen LogP contribution is -2.39. The van der Waals surface area contributed by atoms with E-state index in [1.807, 2.05) is 6.26 Å². The molecule has 0 spiro atoms. The van der Waals surface area contributed by atoms with Crippen molar-refractivity contribution in [1.29, 1.82) is 0 Å². The van der Waals surface area contributed by atoms with E-state index in [0.29, 0.717) is 0 Å². The van der Waals surface area contributed by atoms with Crippen LogP contribution in [0.1, 0.15) is 30.5 Å². The Morgan fingerprint density at radius 3 is 2.48 bits per heavy atom. The number of oxazole rings is 1. The van der Waals surface area contributed by atoms with Crippen molar-refractivity contribution in [3.63, 3.8) is 0 Å². The van der Waals surface area contributed by atoms with E-state index in [0.717, 1.165) is 55.9 Å². The highest BCUT2D eigenvalue weighted by atomic mass is 16.5. The molecule has 2 aliphatic rings. The van der Waals surface area contributed by atoms with E-state index in [2.05, 4.69) is 41.0 Å². The van der Waals surface area contributed by atoms with Crippen LogP contribution in [0.25, 0.3) is 11.5 Å². The Hall–Kier alpha value is -1.69. The highest BCUT2D eigenvalue weighted by Gasteiger charge is 2.21. The predicted octanol–water partition coefficient (Wildman–Crippen LogP) is 3.58. The van der Waals surface area contributed by atoms with Crippen molar-refractivity contribution in [2.24, 2.45) is 5.92 Å². The van der Waals surface area contributed by atoms with Crippen LogP contribution in [0.2, 0.25) is 0 Å². The molecule has 3 heterocycles. The lowest BCUT2D eigenvalue weighted by atomic mass is 9.93. The molecule has 4 rings (SSSR count). The molecule has 146 valence electrons. The van der Waals surface area contributed by atoms with Crippen LogP contribution in [0, 0.1) is 12.8 Å². The number of ether oxygens (including phenoxy) is 1. The van der Waals surface area contributed by atoms with Crippen LogP contribution < -0.4 is 0 Å². The minimum atomic E-state index is 0.727. The first kappa shape index (κ1) is 18.7. The molecule has 0 unspecified atom stereocenters. The Bertz CT molecular complexity index is 699. The van der Waals surface area contributed by atoms with Crippen molar-refractivity contribution in [2.45, 2.75) is 32.7 Å². The lowest BCUT2D eigenvalue weighted by molar-refractivity contribution is 0.0334. The van der Waals surface area contributed by atoms with Crippen LogP contribution in [0.15, 0.2) is 34.9 Å². The first-order valence-electron chi connectivity index (χ1n) is 10.3. The van der Waals surface area contributed by atoms with E-state index in [1.165, 1.54) is 44.5 Å². The molecule has 0 saturated carbocycles. The fourth-order valence-corrected chi connectivity index (χ4v) is 4.06. The Kier molecular flexibility index (Phi) is 6.22. The summed E-state index contributed by atoms with van der Waals surface area (Å²) in [7, 11) is 0. The Morgan fingerprint density at radius 1 is 1.00 bits per heavy atom. The Morgan fingerprint density at radius 2 is 1.74 bits per heavy atom. The quantitative estimate of drug-likeness (QED) is 0.778. The maximum absolute atomic E-state index is 5.71. The summed E-state index contributed by atoms with van der Waals surface area (Å²) in [6.07, 6.45) is 5.75. The van der Waals surface area contributed by atoms with Crippen molar-refractivity contribution in [3.8, 4) is 11.5 Å². The van der Waals surface area contributed by atoms with Gasteiger partial charge in [0.2, 0.25) is 5.89 Å². The smallest absolute Gasteiger partial charge is 0.226 e. The second-order valence-electron chi connectivity index (χ2n) is 7.97. The monoisotopic (exact) mass is 369 g/mol. The number of aromatic nitrogens is 1. The molecule has 1 aromatic carbocycles. The highest BCUT2D eigenvalue weighted by Crippen LogP contribution is 2.24. The second kappa shape index (κ2) is 9.00. The SMILES string of the molecule is Cc1ccc(-c2nc(CN3CCC(CCN4CCOCC4)CC3)co2)cc1. The largest absolute Gasteiger partial charge is 0.444 e. The fraction of sp³-hybridized carbons (Fsp3) is 0.591. The van der Waals surface area contributed by atoms with E-state index in [9.17, 15) is 0 Å². The molecule has 0 radical (unpaired) electrons. The predicted molar refractivity (Wildman–Crippen MR) is 107 cm³/mol. The van der Waals surface area contributed by atoms with Gasteiger partial charge in [-0.2, -0.15) is 0 Å². The normalized spacial score (nSPS) is 20.2. The second-order valence-corrected chi connectivity index (χ2v) is 7.97.